The van der Waals surface area contributed by atoms with E-state index in [1.54, 1.807) is 18.3 Å². The van der Waals surface area contributed by atoms with Crippen molar-refractivity contribution in [3.05, 3.63) is 64.5 Å². The Labute approximate surface area is 185 Å². The maximum Gasteiger partial charge on any atom is 0.328 e. The summed E-state index contributed by atoms with van der Waals surface area (Å²) in [5.74, 6) is -0.126. The number of nitrogens with zero attached hydrogens (tertiary/aromatic N) is 2. The average Bonchev–Trinajstić information content (AvgIpc) is 3.25. The quantitative estimate of drug-likeness (QED) is 0.511. The molecule has 0 spiro atoms. The van der Waals surface area contributed by atoms with Gasteiger partial charge in [-0.2, -0.15) is 0 Å². The van der Waals surface area contributed by atoms with Crippen LogP contribution in [0.3, 0.4) is 0 Å². The molecule has 2 aromatic carbocycles. The first-order chi connectivity index (χ1) is 15.1. The molecule has 0 saturated carbocycles. The van der Waals surface area contributed by atoms with E-state index in [1.165, 1.54) is 10.5 Å². The lowest BCUT2D eigenvalue weighted by Crippen LogP contribution is -2.48. The highest BCUT2D eigenvalue weighted by Gasteiger charge is 2.34. The number of thiazole rings is 1. The zero-order valence-corrected chi connectivity index (χ0v) is 18.4. The zero-order valence-electron chi connectivity index (χ0n) is 17.5. The standard InChI is InChI=1S/C24H24N2O4S/c1-3-11-29-24(28)16(2)26-20-13-18(9-10-21(20)30-14-23(26)27)19-15-31-22(25-19)12-17-7-5-4-6-8-17/h4-10,13,15-16H,3,11-12,14H2,1-2H3. The normalized spacial score (nSPS) is 14.0. The number of aromatic nitrogens is 1. The number of hydrogen-bond acceptors (Lipinski definition) is 6. The SMILES string of the molecule is CCCOC(=O)C(C)N1C(=O)COc2ccc(-c3csc(Cc4ccccc4)n3)cc21. The number of esters is 1. The molecule has 1 unspecified atom stereocenters. The Bertz CT molecular complexity index is 1080. The second kappa shape index (κ2) is 9.31. The Morgan fingerprint density at radius 3 is 2.84 bits per heavy atom. The van der Waals surface area contributed by atoms with Crippen LogP contribution in [-0.4, -0.2) is 36.1 Å². The molecule has 6 nitrogen and oxygen atoms in total. The van der Waals surface area contributed by atoms with Gasteiger partial charge in [-0.1, -0.05) is 37.3 Å². The first kappa shape index (κ1) is 21.1. The van der Waals surface area contributed by atoms with Crippen molar-refractivity contribution in [1.29, 1.82) is 0 Å². The molecule has 0 bridgehead atoms. The van der Waals surface area contributed by atoms with E-state index in [-0.39, 0.29) is 12.5 Å². The molecule has 2 heterocycles. The lowest BCUT2D eigenvalue weighted by Gasteiger charge is -2.33. The summed E-state index contributed by atoms with van der Waals surface area (Å²) in [7, 11) is 0. The number of ether oxygens (including phenoxy) is 2. The molecule has 0 N–H and O–H groups in total. The molecule has 0 saturated heterocycles. The van der Waals surface area contributed by atoms with Gasteiger partial charge >= 0.3 is 5.97 Å². The summed E-state index contributed by atoms with van der Waals surface area (Å²) in [6.45, 7) is 3.84. The van der Waals surface area contributed by atoms with Gasteiger partial charge in [0.1, 0.15) is 11.8 Å². The van der Waals surface area contributed by atoms with E-state index in [9.17, 15) is 9.59 Å². The predicted molar refractivity (Wildman–Crippen MR) is 120 cm³/mol. The molecular weight excluding hydrogens is 412 g/mol. The summed E-state index contributed by atoms with van der Waals surface area (Å²) in [5.41, 5.74) is 3.47. The van der Waals surface area contributed by atoms with Crippen LogP contribution in [0.15, 0.2) is 53.9 Å². The first-order valence-electron chi connectivity index (χ1n) is 10.3. The highest BCUT2D eigenvalue weighted by Crippen LogP contribution is 2.37. The third-order valence-electron chi connectivity index (χ3n) is 5.06. The van der Waals surface area contributed by atoms with Crippen molar-refractivity contribution >= 4 is 28.9 Å². The molecule has 4 rings (SSSR count). The molecule has 1 aliphatic heterocycles. The van der Waals surface area contributed by atoms with Crippen LogP contribution >= 0.6 is 11.3 Å². The number of rotatable bonds is 7. The fourth-order valence-corrected chi connectivity index (χ4v) is 4.32. The number of anilines is 1. The number of carbonyl (C=O) groups is 2. The lowest BCUT2D eigenvalue weighted by atomic mass is 10.1. The second-order valence-electron chi connectivity index (χ2n) is 7.37. The third kappa shape index (κ3) is 4.61. The van der Waals surface area contributed by atoms with Gasteiger partial charge in [-0.15, -0.1) is 11.3 Å². The van der Waals surface area contributed by atoms with Crippen LogP contribution in [0, 0.1) is 0 Å². The molecule has 0 radical (unpaired) electrons. The minimum absolute atomic E-state index is 0.102. The molecule has 0 fully saturated rings. The minimum Gasteiger partial charge on any atom is -0.482 e. The Morgan fingerprint density at radius 2 is 2.06 bits per heavy atom. The van der Waals surface area contributed by atoms with E-state index in [4.69, 9.17) is 14.5 Å². The van der Waals surface area contributed by atoms with Gasteiger partial charge in [0.25, 0.3) is 5.91 Å². The number of hydrogen-bond donors (Lipinski definition) is 0. The van der Waals surface area contributed by atoms with E-state index < -0.39 is 12.0 Å². The Hall–Kier alpha value is -3.19. The Morgan fingerprint density at radius 1 is 1.26 bits per heavy atom. The summed E-state index contributed by atoms with van der Waals surface area (Å²) in [4.78, 5) is 31.3. The van der Waals surface area contributed by atoms with Crippen molar-refractivity contribution < 1.29 is 19.1 Å². The van der Waals surface area contributed by atoms with Crippen LogP contribution in [0.2, 0.25) is 0 Å². The summed E-state index contributed by atoms with van der Waals surface area (Å²) >= 11 is 1.60. The van der Waals surface area contributed by atoms with Crippen LogP contribution < -0.4 is 9.64 Å². The molecule has 31 heavy (non-hydrogen) atoms. The number of benzene rings is 2. The summed E-state index contributed by atoms with van der Waals surface area (Å²) in [5, 5.41) is 3.02. The van der Waals surface area contributed by atoms with Crippen molar-refractivity contribution in [2.24, 2.45) is 0 Å². The van der Waals surface area contributed by atoms with Gasteiger partial charge in [-0.05, 0) is 37.1 Å². The minimum atomic E-state index is -0.735. The molecule has 1 atom stereocenters. The van der Waals surface area contributed by atoms with Crippen LogP contribution in [0.1, 0.15) is 30.8 Å². The van der Waals surface area contributed by atoms with E-state index in [0.717, 1.165) is 29.1 Å². The van der Waals surface area contributed by atoms with Gasteiger partial charge in [0.05, 0.1) is 23.0 Å². The molecule has 160 valence electrons. The van der Waals surface area contributed by atoms with E-state index in [1.807, 2.05) is 48.7 Å². The monoisotopic (exact) mass is 436 g/mol. The molecule has 1 amide bonds. The van der Waals surface area contributed by atoms with Crippen LogP contribution in [0.4, 0.5) is 5.69 Å². The second-order valence-corrected chi connectivity index (χ2v) is 8.31. The maximum atomic E-state index is 12.6. The Kier molecular flexibility index (Phi) is 6.32. The molecule has 0 aliphatic carbocycles. The first-order valence-corrected chi connectivity index (χ1v) is 11.2. The third-order valence-corrected chi connectivity index (χ3v) is 5.91. The molecule has 3 aromatic rings. The largest absolute Gasteiger partial charge is 0.482 e. The van der Waals surface area contributed by atoms with Crippen molar-refractivity contribution in [2.45, 2.75) is 32.7 Å². The fraction of sp³-hybridized carbons (Fsp3) is 0.292. The van der Waals surface area contributed by atoms with Gasteiger partial charge in [-0.3, -0.25) is 9.69 Å². The topological polar surface area (TPSA) is 68.7 Å². The molecule has 1 aliphatic rings. The van der Waals surface area contributed by atoms with Gasteiger partial charge in [0.2, 0.25) is 0 Å². The van der Waals surface area contributed by atoms with Crippen molar-refractivity contribution in [2.75, 3.05) is 18.1 Å². The Balaban J connectivity index is 1.60. The maximum absolute atomic E-state index is 12.6. The van der Waals surface area contributed by atoms with E-state index in [0.29, 0.717) is 18.0 Å². The van der Waals surface area contributed by atoms with Crippen LogP contribution in [0.5, 0.6) is 5.75 Å². The molecule has 1 aromatic heterocycles. The van der Waals surface area contributed by atoms with E-state index in [2.05, 4.69) is 12.1 Å². The number of fused-ring (bicyclic) bond motifs is 1. The summed E-state index contributed by atoms with van der Waals surface area (Å²) in [6.07, 6.45) is 1.50. The van der Waals surface area contributed by atoms with Gasteiger partial charge in [0, 0.05) is 17.4 Å². The van der Waals surface area contributed by atoms with Crippen LogP contribution in [-0.2, 0) is 20.7 Å². The highest BCUT2D eigenvalue weighted by molar-refractivity contribution is 7.10. The summed E-state index contributed by atoms with van der Waals surface area (Å²) < 4.78 is 10.9. The lowest BCUT2D eigenvalue weighted by molar-refractivity contribution is -0.146. The number of carbonyl (C=O) groups excluding carboxylic acids is 2. The van der Waals surface area contributed by atoms with Crippen molar-refractivity contribution in [1.82, 2.24) is 4.98 Å². The van der Waals surface area contributed by atoms with Crippen molar-refractivity contribution in [3.8, 4) is 17.0 Å². The highest BCUT2D eigenvalue weighted by atomic mass is 32.1. The molecular formula is C24H24N2O4S. The average molecular weight is 437 g/mol. The van der Waals surface area contributed by atoms with Crippen LogP contribution in [0.25, 0.3) is 11.3 Å². The predicted octanol–water partition coefficient (Wildman–Crippen LogP) is 4.47. The zero-order chi connectivity index (χ0) is 21.8. The fourth-order valence-electron chi connectivity index (χ4n) is 3.48. The van der Waals surface area contributed by atoms with Gasteiger partial charge in [0.15, 0.2) is 6.61 Å². The van der Waals surface area contributed by atoms with E-state index >= 15 is 0 Å². The van der Waals surface area contributed by atoms with Gasteiger partial charge in [-0.25, -0.2) is 9.78 Å². The smallest absolute Gasteiger partial charge is 0.328 e. The number of amides is 1. The summed E-state index contributed by atoms with van der Waals surface area (Å²) in [6, 6.07) is 15.1. The van der Waals surface area contributed by atoms with Gasteiger partial charge < -0.3 is 9.47 Å². The molecule has 7 heteroatoms. The van der Waals surface area contributed by atoms with Crippen molar-refractivity contribution in [3.63, 3.8) is 0 Å².